The average Bonchev–Trinajstić information content (AvgIpc) is 2.39. The standard InChI is InChI=1S/C13H19N3O2/c1-4-12(17)16-11-7-5-6-10(9(11)2)15-8-13(18)14-3/h5-7,15H,4,8H2,1-3H3,(H,14,18)(H,16,17). The summed E-state index contributed by atoms with van der Waals surface area (Å²) in [5, 5.41) is 8.39. The maximum atomic E-state index is 11.4. The molecule has 0 aliphatic carbocycles. The van der Waals surface area contributed by atoms with Gasteiger partial charge in [0.15, 0.2) is 0 Å². The molecule has 0 saturated heterocycles. The molecule has 0 atom stereocenters. The summed E-state index contributed by atoms with van der Waals surface area (Å²) in [6.45, 7) is 3.92. The van der Waals surface area contributed by atoms with E-state index in [1.165, 1.54) is 0 Å². The van der Waals surface area contributed by atoms with Crippen molar-refractivity contribution in [3.05, 3.63) is 23.8 Å². The second-order valence-corrected chi connectivity index (χ2v) is 3.91. The Morgan fingerprint density at radius 3 is 2.44 bits per heavy atom. The van der Waals surface area contributed by atoms with Gasteiger partial charge in [0.25, 0.3) is 0 Å². The first-order valence-electron chi connectivity index (χ1n) is 5.92. The topological polar surface area (TPSA) is 70.2 Å². The van der Waals surface area contributed by atoms with E-state index < -0.39 is 0 Å². The first kappa shape index (κ1) is 14.0. The van der Waals surface area contributed by atoms with Crippen molar-refractivity contribution in [3.63, 3.8) is 0 Å². The van der Waals surface area contributed by atoms with Gasteiger partial charge in [-0.1, -0.05) is 13.0 Å². The fourth-order valence-electron chi connectivity index (χ4n) is 1.47. The lowest BCUT2D eigenvalue weighted by atomic mass is 10.1. The number of likely N-dealkylation sites (N-methyl/N-ethyl adjacent to an activating group) is 1. The molecule has 3 N–H and O–H groups in total. The normalized spacial score (nSPS) is 9.72. The molecule has 0 bridgehead atoms. The lowest BCUT2D eigenvalue weighted by Crippen LogP contribution is -2.26. The molecule has 0 aliphatic heterocycles. The number of benzene rings is 1. The predicted octanol–water partition coefficient (Wildman–Crippen LogP) is 1.50. The van der Waals surface area contributed by atoms with Crippen molar-refractivity contribution in [2.24, 2.45) is 0 Å². The van der Waals surface area contributed by atoms with Crippen LogP contribution >= 0.6 is 0 Å². The van der Waals surface area contributed by atoms with E-state index in [9.17, 15) is 9.59 Å². The SMILES string of the molecule is CCC(=O)Nc1cccc(NCC(=O)NC)c1C. The summed E-state index contributed by atoms with van der Waals surface area (Å²) in [6, 6.07) is 5.55. The molecular weight excluding hydrogens is 230 g/mol. The highest BCUT2D eigenvalue weighted by atomic mass is 16.2. The van der Waals surface area contributed by atoms with Crippen LogP contribution in [0.2, 0.25) is 0 Å². The van der Waals surface area contributed by atoms with Crippen LogP contribution in [0.3, 0.4) is 0 Å². The molecule has 0 fully saturated rings. The summed E-state index contributed by atoms with van der Waals surface area (Å²) in [6.07, 6.45) is 0.440. The number of anilines is 2. The number of carbonyl (C=O) groups is 2. The predicted molar refractivity (Wildman–Crippen MR) is 72.7 cm³/mol. The third-order valence-electron chi connectivity index (χ3n) is 2.65. The molecular formula is C13H19N3O2. The van der Waals surface area contributed by atoms with Gasteiger partial charge in [0.1, 0.15) is 0 Å². The minimum absolute atomic E-state index is 0.0263. The van der Waals surface area contributed by atoms with Crippen molar-refractivity contribution in [3.8, 4) is 0 Å². The van der Waals surface area contributed by atoms with Crippen molar-refractivity contribution in [1.29, 1.82) is 0 Å². The minimum atomic E-state index is -0.0857. The molecule has 1 aromatic rings. The van der Waals surface area contributed by atoms with Crippen molar-refractivity contribution in [2.75, 3.05) is 24.2 Å². The Morgan fingerprint density at radius 1 is 1.17 bits per heavy atom. The van der Waals surface area contributed by atoms with E-state index in [-0.39, 0.29) is 18.4 Å². The number of nitrogens with one attached hydrogen (secondary N) is 3. The minimum Gasteiger partial charge on any atom is -0.376 e. The number of carbonyl (C=O) groups excluding carboxylic acids is 2. The zero-order valence-corrected chi connectivity index (χ0v) is 11.0. The maximum Gasteiger partial charge on any atom is 0.239 e. The zero-order valence-electron chi connectivity index (χ0n) is 11.0. The van der Waals surface area contributed by atoms with Gasteiger partial charge >= 0.3 is 0 Å². The second-order valence-electron chi connectivity index (χ2n) is 3.91. The molecule has 98 valence electrons. The van der Waals surface area contributed by atoms with E-state index in [1.807, 2.05) is 25.1 Å². The van der Waals surface area contributed by atoms with E-state index in [1.54, 1.807) is 14.0 Å². The Hall–Kier alpha value is -2.04. The molecule has 0 radical (unpaired) electrons. The molecule has 0 aliphatic rings. The van der Waals surface area contributed by atoms with Crippen LogP contribution in [0.4, 0.5) is 11.4 Å². The molecule has 18 heavy (non-hydrogen) atoms. The van der Waals surface area contributed by atoms with Crippen LogP contribution < -0.4 is 16.0 Å². The van der Waals surface area contributed by atoms with E-state index >= 15 is 0 Å². The number of amides is 2. The van der Waals surface area contributed by atoms with Crippen LogP contribution in [0.15, 0.2) is 18.2 Å². The summed E-state index contributed by atoms with van der Waals surface area (Å²) in [5.41, 5.74) is 2.53. The largest absolute Gasteiger partial charge is 0.376 e. The smallest absolute Gasteiger partial charge is 0.239 e. The van der Waals surface area contributed by atoms with Gasteiger partial charge < -0.3 is 16.0 Å². The molecule has 0 aromatic heterocycles. The Morgan fingerprint density at radius 2 is 1.83 bits per heavy atom. The summed E-state index contributed by atoms with van der Waals surface area (Å²) < 4.78 is 0. The fourth-order valence-corrected chi connectivity index (χ4v) is 1.47. The highest BCUT2D eigenvalue weighted by Gasteiger charge is 2.07. The van der Waals surface area contributed by atoms with E-state index in [0.717, 1.165) is 16.9 Å². The quantitative estimate of drug-likeness (QED) is 0.740. The third-order valence-corrected chi connectivity index (χ3v) is 2.65. The molecule has 0 heterocycles. The molecule has 1 aromatic carbocycles. The molecule has 5 heteroatoms. The van der Waals surface area contributed by atoms with Crippen LogP contribution in [0.25, 0.3) is 0 Å². The van der Waals surface area contributed by atoms with Gasteiger partial charge in [0.2, 0.25) is 11.8 Å². The second kappa shape index (κ2) is 6.64. The zero-order chi connectivity index (χ0) is 13.5. The van der Waals surface area contributed by atoms with Crippen LogP contribution in [-0.2, 0) is 9.59 Å². The molecule has 1 rings (SSSR count). The monoisotopic (exact) mass is 249 g/mol. The van der Waals surface area contributed by atoms with Gasteiger partial charge in [-0.2, -0.15) is 0 Å². The van der Waals surface area contributed by atoms with Crippen LogP contribution in [0, 0.1) is 6.92 Å². The summed E-state index contributed by atoms with van der Waals surface area (Å²) in [7, 11) is 1.59. The molecule has 2 amide bonds. The summed E-state index contributed by atoms with van der Waals surface area (Å²) >= 11 is 0. The first-order valence-corrected chi connectivity index (χ1v) is 5.92. The molecule has 0 unspecified atom stereocenters. The van der Waals surface area contributed by atoms with E-state index in [2.05, 4.69) is 16.0 Å². The number of hydrogen-bond acceptors (Lipinski definition) is 3. The summed E-state index contributed by atoms with van der Waals surface area (Å²) in [4.78, 5) is 22.5. The Balaban J connectivity index is 2.78. The van der Waals surface area contributed by atoms with Gasteiger partial charge in [-0.05, 0) is 24.6 Å². The van der Waals surface area contributed by atoms with Crippen molar-refractivity contribution in [2.45, 2.75) is 20.3 Å². The van der Waals surface area contributed by atoms with Crippen LogP contribution in [0.5, 0.6) is 0 Å². The Labute approximate surface area is 107 Å². The third kappa shape index (κ3) is 3.76. The molecule has 5 nitrogen and oxygen atoms in total. The van der Waals surface area contributed by atoms with Gasteiger partial charge in [-0.3, -0.25) is 9.59 Å². The fraction of sp³-hybridized carbons (Fsp3) is 0.385. The lowest BCUT2D eigenvalue weighted by molar-refractivity contribution is -0.119. The summed E-state index contributed by atoms with van der Waals surface area (Å²) in [5.74, 6) is -0.112. The van der Waals surface area contributed by atoms with Crippen molar-refractivity contribution < 1.29 is 9.59 Å². The van der Waals surface area contributed by atoms with Gasteiger partial charge in [0.05, 0.1) is 6.54 Å². The van der Waals surface area contributed by atoms with Gasteiger partial charge in [-0.15, -0.1) is 0 Å². The Bertz CT molecular complexity index is 444. The molecule has 0 saturated carbocycles. The van der Waals surface area contributed by atoms with Crippen LogP contribution in [-0.4, -0.2) is 25.4 Å². The average molecular weight is 249 g/mol. The van der Waals surface area contributed by atoms with Crippen LogP contribution in [0.1, 0.15) is 18.9 Å². The van der Waals surface area contributed by atoms with Crippen molar-refractivity contribution >= 4 is 23.2 Å². The van der Waals surface area contributed by atoms with Gasteiger partial charge in [0, 0.05) is 24.8 Å². The first-order chi connectivity index (χ1) is 8.58. The lowest BCUT2D eigenvalue weighted by Gasteiger charge is -2.13. The van der Waals surface area contributed by atoms with E-state index in [0.29, 0.717) is 6.42 Å². The molecule has 0 spiro atoms. The van der Waals surface area contributed by atoms with Gasteiger partial charge in [-0.25, -0.2) is 0 Å². The number of rotatable bonds is 5. The Kier molecular flexibility index (Phi) is 5.17. The van der Waals surface area contributed by atoms with E-state index in [4.69, 9.17) is 0 Å². The maximum absolute atomic E-state index is 11.4. The van der Waals surface area contributed by atoms with Crippen molar-refractivity contribution in [1.82, 2.24) is 5.32 Å². The number of hydrogen-bond donors (Lipinski definition) is 3. The highest BCUT2D eigenvalue weighted by Crippen LogP contribution is 2.23. The highest BCUT2D eigenvalue weighted by molar-refractivity contribution is 5.92.